The highest BCUT2D eigenvalue weighted by Crippen LogP contribution is 2.45. The minimum Gasteiger partial charge on any atom is -0.493 e. The maximum atomic E-state index is 6.08. The molecule has 1 saturated heterocycles. The van der Waals surface area contributed by atoms with Crippen molar-refractivity contribution in [2.24, 2.45) is 0 Å². The topological polar surface area (TPSA) is 27.7 Å². The standard InChI is InChI=1S/C16H22O3/c1-15(2)16(3,4)19-14(18-15)12-7-8-13-11(10-12)6-5-9-17-13/h7-8,10,14H,5-6,9H2,1-4H3. The van der Waals surface area contributed by atoms with Crippen LogP contribution in [0.2, 0.25) is 0 Å². The molecule has 19 heavy (non-hydrogen) atoms. The van der Waals surface area contributed by atoms with Crippen molar-refractivity contribution >= 4 is 0 Å². The van der Waals surface area contributed by atoms with E-state index in [0.717, 1.165) is 30.8 Å². The van der Waals surface area contributed by atoms with Gasteiger partial charge in [0.25, 0.3) is 0 Å². The lowest BCUT2D eigenvalue weighted by Crippen LogP contribution is -2.41. The van der Waals surface area contributed by atoms with Gasteiger partial charge in [0, 0.05) is 5.56 Å². The molecule has 104 valence electrons. The molecule has 0 N–H and O–H groups in total. The largest absolute Gasteiger partial charge is 0.493 e. The molecule has 0 saturated carbocycles. The smallest absolute Gasteiger partial charge is 0.185 e. The fraction of sp³-hybridized carbons (Fsp3) is 0.625. The molecule has 3 rings (SSSR count). The Morgan fingerprint density at radius 3 is 2.42 bits per heavy atom. The monoisotopic (exact) mass is 262 g/mol. The number of fused-ring (bicyclic) bond motifs is 1. The lowest BCUT2D eigenvalue weighted by Gasteiger charge is -2.30. The molecule has 0 amide bonds. The van der Waals surface area contributed by atoms with Crippen LogP contribution in [0, 0.1) is 0 Å². The summed E-state index contributed by atoms with van der Waals surface area (Å²) in [5, 5.41) is 0. The van der Waals surface area contributed by atoms with Crippen molar-refractivity contribution in [1.29, 1.82) is 0 Å². The van der Waals surface area contributed by atoms with Crippen molar-refractivity contribution in [2.45, 2.75) is 58.0 Å². The molecule has 2 heterocycles. The zero-order chi connectivity index (χ0) is 13.7. The Morgan fingerprint density at radius 2 is 1.74 bits per heavy atom. The van der Waals surface area contributed by atoms with Crippen LogP contribution in [0.4, 0.5) is 0 Å². The lowest BCUT2D eigenvalue weighted by molar-refractivity contribution is -0.0896. The van der Waals surface area contributed by atoms with E-state index in [-0.39, 0.29) is 17.5 Å². The fourth-order valence-electron chi connectivity index (χ4n) is 2.51. The molecule has 3 heteroatoms. The SMILES string of the molecule is CC1(C)OC(c2ccc3c(c2)CCCO3)OC1(C)C. The van der Waals surface area contributed by atoms with Crippen LogP contribution in [0.5, 0.6) is 5.75 Å². The number of ether oxygens (including phenoxy) is 3. The number of hydrogen-bond donors (Lipinski definition) is 0. The van der Waals surface area contributed by atoms with E-state index in [2.05, 4.69) is 33.8 Å². The van der Waals surface area contributed by atoms with E-state index in [0.29, 0.717) is 0 Å². The van der Waals surface area contributed by atoms with Crippen molar-refractivity contribution < 1.29 is 14.2 Å². The Morgan fingerprint density at radius 1 is 1.05 bits per heavy atom. The maximum Gasteiger partial charge on any atom is 0.185 e. The number of rotatable bonds is 1. The molecule has 1 aromatic carbocycles. The first-order valence-corrected chi connectivity index (χ1v) is 7.00. The van der Waals surface area contributed by atoms with Crippen LogP contribution in [0.1, 0.15) is 51.5 Å². The average molecular weight is 262 g/mol. The van der Waals surface area contributed by atoms with Gasteiger partial charge >= 0.3 is 0 Å². The van der Waals surface area contributed by atoms with E-state index < -0.39 is 0 Å². The average Bonchev–Trinajstić information content (AvgIpc) is 2.58. The molecular formula is C16H22O3. The van der Waals surface area contributed by atoms with Gasteiger partial charge in [0.2, 0.25) is 0 Å². The molecule has 1 fully saturated rings. The van der Waals surface area contributed by atoms with E-state index in [4.69, 9.17) is 14.2 Å². The highest BCUT2D eigenvalue weighted by Gasteiger charge is 2.49. The van der Waals surface area contributed by atoms with E-state index in [1.165, 1.54) is 5.56 Å². The van der Waals surface area contributed by atoms with Crippen LogP contribution in [-0.4, -0.2) is 17.8 Å². The first-order valence-electron chi connectivity index (χ1n) is 7.00. The van der Waals surface area contributed by atoms with Gasteiger partial charge in [-0.25, -0.2) is 0 Å². The van der Waals surface area contributed by atoms with Gasteiger partial charge in [0.15, 0.2) is 6.29 Å². The summed E-state index contributed by atoms with van der Waals surface area (Å²) in [5.74, 6) is 1.01. The van der Waals surface area contributed by atoms with Gasteiger partial charge in [-0.1, -0.05) is 6.07 Å². The van der Waals surface area contributed by atoms with Gasteiger partial charge < -0.3 is 14.2 Å². The third-order valence-electron chi connectivity index (χ3n) is 4.46. The molecule has 0 unspecified atom stereocenters. The van der Waals surface area contributed by atoms with Crippen molar-refractivity contribution in [3.05, 3.63) is 29.3 Å². The first-order chi connectivity index (χ1) is 8.89. The fourth-order valence-corrected chi connectivity index (χ4v) is 2.51. The molecule has 0 aliphatic carbocycles. The summed E-state index contributed by atoms with van der Waals surface area (Å²) in [6.07, 6.45) is 1.87. The van der Waals surface area contributed by atoms with E-state index in [1.807, 2.05) is 12.1 Å². The summed E-state index contributed by atoms with van der Waals surface area (Å²) in [6, 6.07) is 6.25. The molecule has 3 nitrogen and oxygen atoms in total. The molecule has 0 bridgehead atoms. The third kappa shape index (κ3) is 2.15. The zero-order valence-corrected chi connectivity index (χ0v) is 12.2. The molecule has 0 spiro atoms. The predicted octanol–water partition coefficient (Wildman–Crippen LogP) is 3.61. The highest BCUT2D eigenvalue weighted by molar-refractivity contribution is 5.39. The molecule has 0 radical (unpaired) electrons. The van der Waals surface area contributed by atoms with Gasteiger partial charge in [0.1, 0.15) is 5.75 Å². The normalized spacial score (nSPS) is 24.8. The van der Waals surface area contributed by atoms with Gasteiger partial charge in [-0.05, 0) is 58.2 Å². The number of benzene rings is 1. The summed E-state index contributed by atoms with van der Waals surface area (Å²) in [6.45, 7) is 9.13. The van der Waals surface area contributed by atoms with Gasteiger partial charge in [-0.3, -0.25) is 0 Å². The Hall–Kier alpha value is -1.06. The van der Waals surface area contributed by atoms with E-state index in [9.17, 15) is 0 Å². The van der Waals surface area contributed by atoms with Crippen LogP contribution in [-0.2, 0) is 15.9 Å². The quantitative estimate of drug-likeness (QED) is 0.773. The Bertz CT molecular complexity index is 475. The van der Waals surface area contributed by atoms with Crippen LogP contribution >= 0.6 is 0 Å². The minimum absolute atomic E-state index is 0.280. The van der Waals surface area contributed by atoms with Gasteiger partial charge in [-0.2, -0.15) is 0 Å². The van der Waals surface area contributed by atoms with E-state index in [1.54, 1.807) is 0 Å². The zero-order valence-electron chi connectivity index (χ0n) is 12.2. The molecule has 1 aromatic rings. The first kappa shape index (κ1) is 12.9. The number of aryl methyl sites for hydroxylation is 1. The number of hydrogen-bond acceptors (Lipinski definition) is 3. The van der Waals surface area contributed by atoms with Gasteiger partial charge in [-0.15, -0.1) is 0 Å². The Labute approximate surface area is 114 Å². The Balaban J connectivity index is 1.88. The summed E-state index contributed by atoms with van der Waals surface area (Å²) >= 11 is 0. The van der Waals surface area contributed by atoms with Gasteiger partial charge in [0.05, 0.1) is 17.8 Å². The minimum atomic E-state index is -0.288. The predicted molar refractivity (Wildman–Crippen MR) is 73.3 cm³/mol. The second-order valence-corrected chi connectivity index (χ2v) is 6.41. The van der Waals surface area contributed by atoms with E-state index >= 15 is 0 Å². The summed E-state index contributed by atoms with van der Waals surface area (Å²) in [7, 11) is 0. The van der Waals surface area contributed by atoms with Crippen LogP contribution < -0.4 is 4.74 Å². The molecular weight excluding hydrogens is 240 g/mol. The molecule has 0 aromatic heterocycles. The van der Waals surface area contributed by atoms with Crippen molar-refractivity contribution in [2.75, 3.05) is 6.61 Å². The van der Waals surface area contributed by atoms with Crippen molar-refractivity contribution in [1.82, 2.24) is 0 Å². The maximum absolute atomic E-state index is 6.08. The van der Waals surface area contributed by atoms with Crippen LogP contribution in [0.3, 0.4) is 0 Å². The second kappa shape index (κ2) is 4.22. The lowest BCUT2D eigenvalue weighted by atomic mass is 9.90. The Kier molecular flexibility index (Phi) is 2.88. The summed E-state index contributed by atoms with van der Waals surface area (Å²) in [5.41, 5.74) is 1.77. The van der Waals surface area contributed by atoms with Crippen LogP contribution in [0.25, 0.3) is 0 Å². The molecule has 2 aliphatic rings. The molecule has 0 atom stereocenters. The third-order valence-corrected chi connectivity index (χ3v) is 4.46. The van der Waals surface area contributed by atoms with Crippen LogP contribution in [0.15, 0.2) is 18.2 Å². The highest BCUT2D eigenvalue weighted by atomic mass is 16.7. The van der Waals surface area contributed by atoms with Crippen molar-refractivity contribution in [3.63, 3.8) is 0 Å². The second-order valence-electron chi connectivity index (χ2n) is 6.41. The summed E-state index contributed by atoms with van der Waals surface area (Å²) in [4.78, 5) is 0. The molecule has 2 aliphatic heterocycles. The van der Waals surface area contributed by atoms with Crippen molar-refractivity contribution in [3.8, 4) is 5.75 Å². The summed E-state index contributed by atoms with van der Waals surface area (Å²) < 4.78 is 17.8.